The minimum Gasteiger partial charge on any atom is -0.497 e. The molecule has 1 aromatic rings. The van der Waals surface area contributed by atoms with E-state index in [4.69, 9.17) is 16.3 Å². The van der Waals surface area contributed by atoms with Crippen molar-refractivity contribution in [1.29, 1.82) is 0 Å². The van der Waals surface area contributed by atoms with Crippen LogP contribution in [0.5, 0.6) is 5.75 Å². The Morgan fingerprint density at radius 2 is 2.31 bits per heavy atom. The molecule has 0 saturated heterocycles. The average molecular weight is 197 g/mol. The van der Waals surface area contributed by atoms with Gasteiger partial charge in [-0.05, 0) is 24.3 Å². The first-order valence-electron chi connectivity index (χ1n) is 3.69. The summed E-state index contributed by atoms with van der Waals surface area (Å²) in [6.07, 6.45) is 1.22. The molecule has 0 aliphatic heterocycles. The van der Waals surface area contributed by atoms with Crippen molar-refractivity contribution in [2.24, 2.45) is 0 Å². The summed E-state index contributed by atoms with van der Waals surface area (Å²) in [5.74, 6) is 0.401. The molecular weight excluding hydrogens is 188 g/mol. The fourth-order valence-corrected chi connectivity index (χ4v) is 1.14. The molecule has 0 heterocycles. The van der Waals surface area contributed by atoms with Gasteiger partial charge in [0.2, 0.25) is 0 Å². The van der Waals surface area contributed by atoms with E-state index in [0.29, 0.717) is 16.3 Å². The average Bonchev–Trinajstić information content (AvgIpc) is 2.17. The van der Waals surface area contributed by atoms with Crippen LogP contribution in [0.1, 0.15) is 10.4 Å². The van der Waals surface area contributed by atoms with Crippen LogP contribution in [0.2, 0.25) is 5.02 Å². The van der Waals surface area contributed by atoms with E-state index in [-0.39, 0.29) is 5.78 Å². The normalized spacial score (nSPS) is 9.38. The minimum absolute atomic E-state index is 0.205. The van der Waals surface area contributed by atoms with E-state index in [1.165, 1.54) is 13.2 Å². The van der Waals surface area contributed by atoms with Gasteiger partial charge >= 0.3 is 0 Å². The second-order valence-corrected chi connectivity index (χ2v) is 2.82. The molecule has 0 atom stereocenters. The summed E-state index contributed by atoms with van der Waals surface area (Å²) in [7, 11) is 1.53. The molecule has 0 N–H and O–H groups in total. The first-order valence-corrected chi connectivity index (χ1v) is 4.07. The molecule has 0 aliphatic rings. The zero-order chi connectivity index (χ0) is 9.84. The maximum Gasteiger partial charge on any atom is 0.186 e. The van der Waals surface area contributed by atoms with Gasteiger partial charge in [-0.2, -0.15) is 0 Å². The first kappa shape index (κ1) is 9.81. The second kappa shape index (κ2) is 4.10. The van der Waals surface area contributed by atoms with Gasteiger partial charge in [0, 0.05) is 5.56 Å². The van der Waals surface area contributed by atoms with Gasteiger partial charge in [0.15, 0.2) is 5.78 Å². The summed E-state index contributed by atoms with van der Waals surface area (Å²) in [5.41, 5.74) is 0.413. The molecule has 1 aromatic carbocycles. The Hall–Kier alpha value is -1.28. The Morgan fingerprint density at radius 3 is 2.85 bits per heavy atom. The molecule has 0 spiro atoms. The van der Waals surface area contributed by atoms with Crippen molar-refractivity contribution in [3.63, 3.8) is 0 Å². The molecule has 68 valence electrons. The Labute approximate surface area is 81.8 Å². The Kier molecular flexibility index (Phi) is 3.09. The smallest absolute Gasteiger partial charge is 0.186 e. The minimum atomic E-state index is -0.205. The van der Waals surface area contributed by atoms with Crippen LogP contribution in [0.4, 0.5) is 0 Å². The molecule has 2 nitrogen and oxygen atoms in total. The Morgan fingerprint density at radius 1 is 1.62 bits per heavy atom. The Bertz CT molecular complexity index is 345. The molecule has 0 bridgehead atoms. The van der Waals surface area contributed by atoms with Crippen molar-refractivity contribution in [3.8, 4) is 5.75 Å². The largest absolute Gasteiger partial charge is 0.497 e. The highest BCUT2D eigenvalue weighted by Gasteiger charge is 2.07. The monoisotopic (exact) mass is 196 g/mol. The van der Waals surface area contributed by atoms with Crippen LogP contribution < -0.4 is 4.74 Å². The highest BCUT2D eigenvalue weighted by Crippen LogP contribution is 2.22. The lowest BCUT2D eigenvalue weighted by Gasteiger charge is -2.03. The van der Waals surface area contributed by atoms with Crippen molar-refractivity contribution >= 4 is 17.4 Å². The van der Waals surface area contributed by atoms with Crippen LogP contribution in [0, 0.1) is 0 Å². The van der Waals surface area contributed by atoms with Crippen LogP contribution in [0.15, 0.2) is 30.9 Å². The van der Waals surface area contributed by atoms with E-state index < -0.39 is 0 Å². The fourth-order valence-electron chi connectivity index (χ4n) is 0.930. The van der Waals surface area contributed by atoms with Crippen LogP contribution in [-0.2, 0) is 0 Å². The summed E-state index contributed by atoms with van der Waals surface area (Å²) < 4.78 is 4.96. The zero-order valence-electron chi connectivity index (χ0n) is 7.21. The van der Waals surface area contributed by atoms with E-state index in [2.05, 4.69) is 6.58 Å². The van der Waals surface area contributed by atoms with Gasteiger partial charge in [0.05, 0.1) is 12.1 Å². The van der Waals surface area contributed by atoms with Crippen molar-refractivity contribution in [1.82, 2.24) is 0 Å². The fraction of sp³-hybridized carbons (Fsp3) is 0.100. The predicted molar refractivity (Wildman–Crippen MR) is 52.5 cm³/mol. The molecular formula is C10H9ClO2. The number of halogens is 1. The van der Waals surface area contributed by atoms with Crippen LogP contribution in [0.25, 0.3) is 0 Å². The third-order valence-electron chi connectivity index (χ3n) is 1.62. The molecule has 0 radical (unpaired) electrons. The Balaban J connectivity index is 3.18. The van der Waals surface area contributed by atoms with E-state index >= 15 is 0 Å². The zero-order valence-corrected chi connectivity index (χ0v) is 7.97. The number of benzene rings is 1. The van der Waals surface area contributed by atoms with Crippen LogP contribution >= 0.6 is 11.6 Å². The summed E-state index contributed by atoms with van der Waals surface area (Å²) in [6, 6.07) is 4.91. The molecule has 0 aliphatic carbocycles. The number of hydrogen-bond donors (Lipinski definition) is 0. The van der Waals surface area contributed by atoms with Gasteiger partial charge in [-0.1, -0.05) is 18.2 Å². The van der Waals surface area contributed by atoms with Gasteiger partial charge in [-0.3, -0.25) is 4.79 Å². The molecule has 0 unspecified atom stereocenters. The van der Waals surface area contributed by atoms with Crippen LogP contribution in [0.3, 0.4) is 0 Å². The molecule has 0 saturated carbocycles. The number of allylic oxidation sites excluding steroid dienone is 1. The van der Waals surface area contributed by atoms with Gasteiger partial charge < -0.3 is 4.74 Å². The van der Waals surface area contributed by atoms with Gasteiger partial charge in [-0.25, -0.2) is 0 Å². The van der Waals surface area contributed by atoms with E-state index in [0.717, 1.165) is 0 Å². The summed E-state index contributed by atoms with van der Waals surface area (Å²) in [5, 5.41) is 0.408. The lowest BCUT2D eigenvalue weighted by molar-refractivity contribution is 0.104. The highest BCUT2D eigenvalue weighted by atomic mass is 35.5. The maximum atomic E-state index is 11.2. The van der Waals surface area contributed by atoms with Crippen LogP contribution in [-0.4, -0.2) is 12.9 Å². The SMILES string of the molecule is C=CC(=O)c1cc(OC)ccc1Cl. The summed E-state index contributed by atoms with van der Waals surface area (Å²) in [6.45, 7) is 3.38. The molecule has 0 aromatic heterocycles. The maximum absolute atomic E-state index is 11.2. The number of carbonyl (C=O) groups is 1. The van der Waals surface area contributed by atoms with E-state index in [1.54, 1.807) is 18.2 Å². The number of methoxy groups -OCH3 is 1. The molecule has 0 amide bonds. The van der Waals surface area contributed by atoms with E-state index in [1.807, 2.05) is 0 Å². The summed E-state index contributed by atoms with van der Waals surface area (Å²) >= 11 is 5.80. The summed E-state index contributed by atoms with van der Waals surface area (Å²) in [4.78, 5) is 11.2. The number of rotatable bonds is 3. The topological polar surface area (TPSA) is 26.3 Å². The number of ketones is 1. The molecule has 1 rings (SSSR count). The standard InChI is InChI=1S/C10H9ClO2/c1-3-10(12)8-6-7(13-2)4-5-9(8)11/h3-6H,1H2,2H3. The van der Waals surface area contributed by atoms with Gasteiger partial charge in [-0.15, -0.1) is 0 Å². The van der Waals surface area contributed by atoms with Crippen molar-refractivity contribution in [2.75, 3.05) is 7.11 Å². The van der Waals surface area contributed by atoms with E-state index in [9.17, 15) is 4.79 Å². The molecule has 3 heteroatoms. The number of hydrogen-bond acceptors (Lipinski definition) is 2. The molecule has 0 fully saturated rings. The van der Waals surface area contributed by atoms with Gasteiger partial charge in [0.25, 0.3) is 0 Å². The third-order valence-corrected chi connectivity index (χ3v) is 1.95. The predicted octanol–water partition coefficient (Wildman–Crippen LogP) is 2.72. The lowest BCUT2D eigenvalue weighted by Crippen LogP contribution is -1.95. The highest BCUT2D eigenvalue weighted by molar-refractivity contribution is 6.34. The van der Waals surface area contributed by atoms with Crippen molar-refractivity contribution in [3.05, 3.63) is 41.4 Å². The quantitative estimate of drug-likeness (QED) is 0.549. The second-order valence-electron chi connectivity index (χ2n) is 2.41. The number of ether oxygens (including phenoxy) is 1. The van der Waals surface area contributed by atoms with Crippen molar-refractivity contribution in [2.45, 2.75) is 0 Å². The van der Waals surface area contributed by atoms with Crippen molar-refractivity contribution < 1.29 is 9.53 Å². The molecule has 13 heavy (non-hydrogen) atoms. The first-order chi connectivity index (χ1) is 6.19. The van der Waals surface area contributed by atoms with Gasteiger partial charge in [0.1, 0.15) is 5.75 Å². The third kappa shape index (κ3) is 2.10. The number of carbonyl (C=O) groups excluding carboxylic acids is 1. The lowest BCUT2D eigenvalue weighted by atomic mass is 10.1.